The summed E-state index contributed by atoms with van der Waals surface area (Å²) < 4.78 is 6.52. The number of hydrogen-bond donors (Lipinski definition) is 1. The number of aromatic amines is 1. The average Bonchev–Trinajstić information content (AvgIpc) is 3.28. The van der Waals surface area contributed by atoms with E-state index in [1.165, 1.54) is 25.5 Å². The third-order valence-corrected chi connectivity index (χ3v) is 4.87. The number of benzene rings is 1. The number of nitrogens with one attached hydrogen (secondary N) is 1. The first-order chi connectivity index (χ1) is 13.2. The maximum atomic E-state index is 11.7. The first-order valence-corrected chi connectivity index (χ1v) is 8.81. The normalized spacial score (nSPS) is 13.3. The Kier molecular flexibility index (Phi) is 4.60. The highest BCUT2D eigenvalue weighted by Crippen LogP contribution is 2.41. The van der Waals surface area contributed by atoms with Crippen LogP contribution in [0.3, 0.4) is 0 Å². The van der Waals surface area contributed by atoms with Crippen LogP contribution < -0.4 is 0 Å². The molecule has 0 radical (unpaired) electrons. The van der Waals surface area contributed by atoms with Crippen molar-refractivity contribution in [1.82, 2.24) is 24.7 Å². The molecular weight excluding hydrogens is 378 g/mol. The second kappa shape index (κ2) is 7.09. The van der Waals surface area contributed by atoms with E-state index >= 15 is 0 Å². The van der Waals surface area contributed by atoms with E-state index in [0.29, 0.717) is 23.1 Å². The number of hydrogen-bond acceptors (Lipinski definition) is 5. The Hall–Kier alpha value is -3.19. The summed E-state index contributed by atoms with van der Waals surface area (Å²) in [7, 11) is 1.36. The molecule has 142 valence electrons. The summed E-state index contributed by atoms with van der Waals surface area (Å²) in [5.41, 5.74) is 3.51. The van der Waals surface area contributed by atoms with E-state index in [0.717, 1.165) is 16.6 Å². The van der Waals surface area contributed by atoms with Crippen LogP contribution in [0.5, 0.6) is 0 Å². The predicted octanol–water partition coefficient (Wildman–Crippen LogP) is 3.90. The zero-order valence-electron chi connectivity index (χ0n) is 15.1. The van der Waals surface area contributed by atoms with Crippen LogP contribution in [0.4, 0.5) is 0 Å². The molecule has 1 aromatic carbocycles. The summed E-state index contributed by atoms with van der Waals surface area (Å²) in [5, 5.41) is 8.52. The molecule has 1 aliphatic rings. The Balaban J connectivity index is 0.00000192. The van der Waals surface area contributed by atoms with Gasteiger partial charge < -0.3 is 9.30 Å². The van der Waals surface area contributed by atoms with Gasteiger partial charge in [-0.15, -0.1) is 12.4 Å². The quantitative estimate of drug-likeness (QED) is 0.530. The number of esters is 1. The van der Waals surface area contributed by atoms with E-state index in [4.69, 9.17) is 4.74 Å². The van der Waals surface area contributed by atoms with Gasteiger partial charge in [0, 0.05) is 24.0 Å². The summed E-state index contributed by atoms with van der Waals surface area (Å²) >= 11 is 0. The predicted molar refractivity (Wildman–Crippen MR) is 107 cm³/mol. The largest absolute Gasteiger partial charge is 0.465 e. The van der Waals surface area contributed by atoms with Crippen molar-refractivity contribution in [2.24, 2.45) is 0 Å². The lowest BCUT2D eigenvalue weighted by Crippen LogP contribution is -2.01. The van der Waals surface area contributed by atoms with Crippen LogP contribution in [-0.2, 0) is 4.74 Å². The van der Waals surface area contributed by atoms with Gasteiger partial charge in [-0.05, 0) is 48.6 Å². The Labute approximate surface area is 167 Å². The van der Waals surface area contributed by atoms with Crippen molar-refractivity contribution in [3.8, 4) is 17.3 Å². The average molecular weight is 396 g/mol. The Morgan fingerprint density at radius 1 is 1.25 bits per heavy atom. The summed E-state index contributed by atoms with van der Waals surface area (Å²) in [4.78, 5) is 20.7. The Bertz CT molecular complexity index is 1160. The molecule has 0 atom stereocenters. The van der Waals surface area contributed by atoms with Crippen molar-refractivity contribution in [2.75, 3.05) is 7.11 Å². The minimum atomic E-state index is -0.381. The first kappa shape index (κ1) is 18.2. The monoisotopic (exact) mass is 395 g/mol. The standard InChI is InChI=1S/C20H17N5O2.ClH/c1-27-20(26)14-7-9-25(11-14)17-6-8-21-19(22-17)18-15-10-13(12-2-3-12)4-5-16(15)23-24-18;/h4-12H,2-3H2,1H3,(H,23,24);1H. The molecule has 0 saturated heterocycles. The topological polar surface area (TPSA) is 85.7 Å². The van der Waals surface area contributed by atoms with E-state index in [1.54, 1.807) is 35.3 Å². The second-order valence-electron chi connectivity index (χ2n) is 6.69. The molecule has 1 saturated carbocycles. The minimum Gasteiger partial charge on any atom is -0.465 e. The van der Waals surface area contributed by atoms with E-state index in [9.17, 15) is 4.79 Å². The number of fused-ring (bicyclic) bond motifs is 1. The van der Waals surface area contributed by atoms with Crippen molar-refractivity contribution in [3.63, 3.8) is 0 Å². The van der Waals surface area contributed by atoms with Crippen molar-refractivity contribution in [3.05, 3.63) is 60.0 Å². The molecule has 4 aromatic rings. The number of ether oxygens (including phenoxy) is 1. The summed E-state index contributed by atoms with van der Waals surface area (Å²) in [6.45, 7) is 0. The lowest BCUT2D eigenvalue weighted by atomic mass is 10.1. The minimum absolute atomic E-state index is 0. The fraction of sp³-hybridized carbons (Fsp3) is 0.200. The van der Waals surface area contributed by atoms with Crippen LogP contribution in [0.2, 0.25) is 0 Å². The van der Waals surface area contributed by atoms with Gasteiger partial charge in [0.25, 0.3) is 0 Å². The molecular formula is C20H18ClN5O2. The van der Waals surface area contributed by atoms with Gasteiger partial charge in [0.15, 0.2) is 5.82 Å². The lowest BCUT2D eigenvalue weighted by molar-refractivity contribution is 0.0601. The molecule has 3 heterocycles. The Morgan fingerprint density at radius 2 is 2.11 bits per heavy atom. The van der Waals surface area contributed by atoms with E-state index in [2.05, 4.69) is 38.4 Å². The van der Waals surface area contributed by atoms with Gasteiger partial charge >= 0.3 is 5.97 Å². The lowest BCUT2D eigenvalue weighted by Gasteiger charge is -2.04. The molecule has 7 nitrogen and oxygen atoms in total. The first-order valence-electron chi connectivity index (χ1n) is 8.81. The number of rotatable bonds is 4. The Morgan fingerprint density at radius 3 is 2.89 bits per heavy atom. The molecule has 0 unspecified atom stereocenters. The van der Waals surface area contributed by atoms with Crippen LogP contribution in [0.15, 0.2) is 48.9 Å². The maximum Gasteiger partial charge on any atom is 0.339 e. The van der Waals surface area contributed by atoms with Crippen LogP contribution in [-0.4, -0.2) is 37.8 Å². The molecule has 1 N–H and O–H groups in total. The van der Waals surface area contributed by atoms with Crippen molar-refractivity contribution in [1.29, 1.82) is 0 Å². The van der Waals surface area contributed by atoms with Crippen molar-refractivity contribution >= 4 is 29.3 Å². The molecule has 0 spiro atoms. The third kappa shape index (κ3) is 3.14. The van der Waals surface area contributed by atoms with Gasteiger partial charge in [-0.1, -0.05) is 6.07 Å². The highest BCUT2D eigenvalue weighted by Gasteiger charge is 2.24. The van der Waals surface area contributed by atoms with E-state index in [-0.39, 0.29) is 18.4 Å². The molecule has 0 bridgehead atoms. The molecule has 28 heavy (non-hydrogen) atoms. The fourth-order valence-corrected chi connectivity index (χ4v) is 3.26. The number of methoxy groups -OCH3 is 1. The number of carbonyl (C=O) groups is 1. The second-order valence-corrected chi connectivity index (χ2v) is 6.69. The molecule has 8 heteroatoms. The zero-order chi connectivity index (χ0) is 18.4. The molecule has 0 aliphatic heterocycles. The van der Waals surface area contributed by atoms with Crippen molar-refractivity contribution in [2.45, 2.75) is 18.8 Å². The number of halogens is 1. The maximum absolute atomic E-state index is 11.7. The van der Waals surface area contributed by atoms with E-state index in [1.807, 2.05) is 0 Å². The fourth-order valence-electron chi connectivity index (χ4n) is 3.26. The highest BCUT2D eigenvalue weighted by molar-refractivity contribution is 5.92. The zero-order valence-corrected chi connectivity index (χ0v) is 15.9. The number of aromatic nitrogens is 5. The molecule has 3 aromatic heterocycles. The van der Waals surface area contributed by atoms with Gasteiger partial charge in [-0.2, -0.15) is 5.10 Å². The summed E-state index contributed by atoms with van der Waals surface area (Å²) in [6, 6.07) is 9.90. The SMILES string of the molecule is COC(=O)c1ccn(-c2ccnc(-c3n[nH]c4ccc(C5CC5)cc34)n2)c1.Cl. The van der Waals surface area contributed by atoms with Gasteiger partial charge in [-0.25, -0.2) is 14.8 Å². The van der Waals surface area contributed by atoms with Gasteiger partial charge in [0.2, 0.25) is 0 Å². The third-order valence-electron chi connectivity index (χ3n) is 4.87. The molecule has 0 amide bonds. The van der Waals surface area contributed by atoms with Crippen LogP contribution in [0.25, 0.3) is 28.2 Å². The number of nitrogens with zero attached hydrogens (tertiary/aromatic N) is 4. The van der Waals surface area contributed by atoms with E-state index < -0.39 is 0 Å². The molecule has 5 rings (SSSR count). The van der Waals surface area contributed by atoms with Crippen LogP contribution >= 0.6 is 12.4 Å². The number of H-pyrrole nitrogens is 1. The highest BCUT2D eigenvalue weighted by atomic mass is 35.5. The smallest absolute Gasteiger partial charge is 0.339 e. The molecule has 1 aliphatic carbocycles. The van der Waals surface area contributed by atoms with Gasteiger partial charge in [-0.3, -0.25) is 5.10 Å². The van der Waals surface area contributed by atoms with Crippen molar-refractivity contribution < 1.29 is 9.53 Å². The van der Waals surface area contributed by atoms with Gasteiger partial charge in [0.05, 0.1) is 18.2 Å². The van der Waals surface area contributed by atoms with Crippen LogP contribution in [0, 0.1) is 0 Å². The summed E-state index contributed by atoms with van der Waals surface area (Å²) in [5.74, 6) is 1.49. The molecule has 1 fully saturated rings. The summed E-state index contributed by atoms with van der Waals surface area (Å²) in [6.07, 6.45) is 7.65. The number of carbonyl (C=O) groups excluding carboxylic acids is 1. The van der Waals surface area contributed by atoms with Crippen LogP contribution in [0.1, 0.15) is 34.7 Å². The van der Waals surface area contributed by atoms with Gasteiger partial charge in [0.1, 0.15) is 11.5 Å².